The van der Waals surface area contributed by atoms with E-state index in [-0.39, 0.29) is 11.2 Å². The summed E-state index contributed by atoms with van der Waals surface area (Å²) >= 11 is 7.04. The van der Waals surface area contributed by atoms with Crippen molar-refractivity contribution in [3.8, 4) is 11.4 Å². The van der Waals surface area contributed by atoms with Gasteiger partial charge in [-0.2, -0.15) is 4.98 Å². The summed E-state index contributed by atoms with van der Waals surface area (Å²) in [6.07, 6.45) is 0. The molecule has 0 aliphatic carbocycles. The predicted molar refractivity (Wildman–Crippen MR) is 96.5 cm³/mol. The van der Waals surface area contributed by atoms with E-state index in [1.165, 1.54) is 17.6 Å². The molecule has 2 atom stereocenters. The Morgan fingerprint density at radius 2 is 2.25 bits per heavy atom. The number of carbonyl (C=O) groups is 1. The number of nitrogens with one attached hydrogen (secondary N) is 2. The Morgan fingerprint density at radius 3 is 2.96 bits per heavy atom. The van der Waals surface area contributed by atoms with E-state index >= 15 is 0 Å². The molecule has 1 aliphatic rings. The molecule has 0 saturated carbocycles. The molecule has 1 unspecified atom stereocenters. The zero-order chi connectivity index (χ0) is 17.1. The summed E-state index contributed by atoms with van der Waals surface area (Å²) in [4.78, 5) is 17.5. The summed E-state index contributed by atoms with van der Waals surface area (Å²) in [5.41, 5.74) is 2.22. The molecule has 1 saturated heterocycles. The van der Waals surface area contributed by atoms with Crippen molar-refractivity contribution in [1.29, 1.82) is 0 Å². The summed E-state index contributed by atoms with van der Waals surface area (Å²) in [5.74, 6) is 1.56. The number of hydrogen-bond acceptors (Lipinski definition) is 5. The Hall–Kier alpha value is -1.64. The first-order chi connectivity index (χ1) is 11.6. The molecule has 6 nitrogen and oxygen atoms in total. The smallest absolute Gasteiger partial charge is 0.324 e. The van der Waals surface area contributed by atoms with Crippen molar-refractivity contribution in [1.82, 2.24) is 14.8 Å². The average molecular weight is 366 g/mol. The van der Waals surface area contributed by atoms with Crippen LogP contribution in [0.2, 0.25) is 0 Å². The van der Waals surface area contributed by atoms with Gasteiger partial charge in [-0.1, -0.05) is 29.8 Å². The number of rotatable bonds is 4. The molecule has 3 rings (SSSR count). The van der Waals surface area contributed by atoms with Gasteiger partial charge in [0.2, 0.25) is 4.77 Å². The molecule has 0 radical (unpaired) electrons. The van der Waals surface area contributed by atoms with Gasteiger partial charge in [-0.25, -0.2) is 4.68 Å². The molecule has 0 bridgehead atoms. The lowest BCUT2D eigenvalue weighted by atomic mass is 10.1. The van der Waals surface area contributed by atoms with Crippen LogP contribution in [0.1, 0.15) is 5.56 Å². The van der Waals surface area contributed by atoms with E-state index in [1.54, 1.807) is 11.8 Å². The molecule has 8 heteroatoms. The molecule has 1 aliphatic heterocycles. The van der Waals surface area contributed by atoms with E-state index in [1.807, 2.05) is 16.8 Å². The van der Waals surface area contributed by atoms with Gasteiger partial charge in [0.15, 0.2) is 17.7 Å². The van der Waals surface area contributed by atoms with E-state index in [2.05, 4.69) is 29.1 Å². The lowest BCUT2D eigenvalue weighted by molar-refractivity contribution is -0.921. The second-order valence-corrected chi connectivity index (χ2v) is 7.57. The zero-order valence-corrected chi connectivity index (χ0v) is 15.4. The number of ether oxygens (including phenoxy) is 1. The zero-order valence-electron chi connectivity index (χ0n) is 13.7. The molecule has 128 valence electrons. The molecule has 1 aromatic heterocycles. The van der Waals surface area contributed by atoms with Gasteiger partial charge in [-0.3, -0.25) is 9.89 Å². The van der Waals surface area contributed by atoms with Crippen molar-refractivity contribution >= 4 is 29.9 Å². The Kier molecular flexibility index (Phi) is 5.37. The van der Waals surface area contributed by atoms with Gasteiger partial charge in [0.1, 0.15) is 6.54 Å². The standard InChI is InChI=1S/C16H20N4O2S2/c1-11-3-5-12(6-4-11)14-17-16(23)20(18-14)10-19-7-8-24-13(9-19)15(21)22-2/h3-6,13H,7-10H2,1-2H3,(H,17,18,23)/p+1/t13-/m1/s1. The van der Waals surface area contributed by atoms with Crippen molar-refractivity contribution < 1.29 is 14.4 Å². The number of hydrogen-bond donors (Lipinski definition) is 2. The van der Waals surface area contributed by atoms with Gasteiger partial charge >= 0.3 is 5.97 Å². The van der Waals surface area contributed by atoms with Crippen LogP contribution >= 0.6 is 24.0 Å². The lowest BCUT2D eigenvalue weighted by Gasteiger charge is -2.27. The van der Waals surface area contributed by atoms with Crippen LogP contribution in [-0.4, -0.2) is 51.9 Å². The fraction of sp³-hybridized carbons (Fsp3) is 0.438. The normalized spacial score (nSPS) is 20.8. The summed E-state index contributed by atoms with van der Waals surface area (Å²) in [6, 6.07) is 8.18. The monoisotopic (exact) mass is 365 g/mol. The number of nitrogens with zero attached hydrogens (tertiary/aromatic N) is 2. The molecule has 2 N–H and O–H groups in total. The van der Waals surface area contributed by atoms with Gasteiger partial charge < -0.3 is 9.64 Å². The first kappa shape index (κ1) is 17.2. The number of H-pyrrole nitrogens is 1. The SMILES string of the molecule is COC(=O)[C@H]1C[NH+](Cn2[nH]c(-c3ccc(C)cc3)nc2=S)CCS1. The van der Waals surface area contributed by atoms with Gasteiger partial charge in [0.05, 0.1) is 13.7 Å². The van der Waals surface area contributed by atoms with Crippen LogP contribution in [0.5, 0.6) is 0 Å². The first-order valence-corrected chi connectivity index (χ1v) is 9.29. The number of thioether (sulfide) groups is 1. The van der Waals surface area contributed by atoms with Gasteiger partial charge in [-0.15, -0.1) is 11.8 Å². The minimum Gasteiger partial charge on any atom is -0.468 e. The summed E-state index contributed by atoms with van der Waals surface area (Å²) in [5, 5.41) is 3.18. The molecule has 1 aromatic carbocycles. The molecular weight excluding hydrogens is 344 g/mol. The van der Waals surface area contributed by atoms with E-state index in [0.717, 1.165) is 30.2 Å². The van der Waals surface area contributed by atoms with Crippen LogP contribution in [0.4, 0.5) is 0 Å². The summed E-state index contributed by atoms with van der Waals surface area (Å²) in [7, 11) is 1.44. The van der Waals surface area contributed by atoms with E-state index in [9.17, 15) is 4.79 Å². The molecule has 1 fully saturated rings. The molecule has 24 heavy (non-hydrogen) atoms. The largest absolute Gasteiger partial charge is 0.468 e. The Balaban J connectivity index is 1.73. The van der Waals surface area contributed by atoms with Crippen LogP contribution in [0, 0.1) is 11.7 Å². The number of methoxy groups -OCH3 is 1. The minimum atomic E-state index is -0.147. The quantitative estimate of drug-likeness (QED) is 0.626. The number of quaternary nitrogens is 1. The molecule has 2 heterocycles. The number of carbonyl (C=O) groups excluding carboxylic acids is 1. The van der Waals surface area contributed by atoms with Crippen molar-refractivity contribution in [2.45, 2.75) is 18.8 Å². The minimum absolute atomic E-state index is 0.104. The Bertz CT molecular complexity index is 769. The van der Waals surface area contributed by atoms with E-state index in [0.29, 0.717) is 11.4 Å². The van der Waals surface area contributed by atoms with Crippen LogP contribution < -0.4 is 4.90 Å². The van der Waals surface area contributed by atoms with Gasteiger partial charge in [0, 0.05) is 11.3 Å². The van der Waals surface area contributed by atoms with Gasteiger partial charge in [0.25, 0.3) is 0 Å². The first-order valence-electron chi connectivity index (χ1n) is 7.83. The maximum Gasteiger partial charge on any atom is 0.324 e. The fourth-order valence-electron chi connectivity index (χ4n) is 2.72. The highest BCUT2D eigenvalue weighted by Crippen LogP contribution is 2.15. The third-order valence-electron chi connectivity index (χ3n) is 4.10. The number of aryl methyl sites for hydroxylation is 1. The van der Waals surface area contributed by atoms with Crippen molar-refractivity contribution in [2.24, 2.45) is 0 Å². The number of benzene rings is 1. The second-order valence-electron chi connectivity index (χ2n) is 5.89. The maximum absolute atomic E-state index is 11.7. The predicted octanol–water partition coefficient (Wildman–Crippen LogP) is 1.05. The third-order valence-corrected chi connectivity index (χ3v) is 5.61. The molecule has 0 spiro atoms. The highest BCUT2D eigenvalue weighted by atomic mass is 32.2. The number of esters is 1. The Labute approximate surface area is 150 Å². The highest BCUT2D eigenvalue weighted by Gasteiger charge is 2.30. The summed E-state index contributed by atoms with van der Waals surface area (Å²) < 4.78 is 7.28. The number of aromatic amines is 1. The van der Waals surface area contributed by atoms with Gasteiger partial charge in [-0.05, 0) is 19.1 Å². The second kappa shape index (κ2) is 7.50. The fourth-order valence-corrected chi connectivity index (χ4v) is 4.20. The van der Waals surface area contributed by atoms with Crippen LogP contribution in [0.25, 0.3) is 11.4 Å². The van der Waals surface area contributed by atoms with E-state index < -0.39 is 0 Å². The average Bonchev–Trinajstić information content (AvgIpc) is 2.95. The summed E-state index contributed by atoms with van der Waals surface area (Å²) in [6.45, 7) is 4.45. The molecule has 2 aromatic rings. The maximum atomic E-state index is 11.7. The van der Waals surface area contributed by atoms with Crippen LogP contribution in [0.15, 0.2) is 24.3 Å². The van der Waals surface area contributed by atoms with E-state index in [4.69, 9.17) is 17.0 Å². The molecule has 0 amide bonds. The Morgan fingerprint density at radius 1 is 1.50 bits per heavy atom. The number of aromatic nitrogens is 3. The topological polar surface area (TPSA) is 64.3 Å². The van der Waals surface area contributed by atoms with Crippen molar-refractivity contribution in [3.63, 3.8) is 0 Å². The van der Waals surface area contributed by atoms with Crippen molar-refractivity contribution in [2.75, 3.05) is 26.0 Å². The lowest BCUT2D eigenvalue weighted by Crippen LogP contribution is -3.14. The van der Waals surface area contributed by atoms with Crippen LogP contribution in [-0.2, 0) is 16.2 Å². The van der Waals surface area contributed by atoms with Crippen LogP contribution in [0.3, 0.4) is 0 Å². The third kappa shape index (κ3) is 3.88. The van der Waals surface area contributed by atoms with Crippen molar-refractivity contribution in [3.05, 3.63) is 34.6 Å². The highest BCUT2D eigenvalue weighted by molar-refractivity contribution is 8.00. The molecular formula is C16H21N4O2S2+.